The maximum absolute atomic E-state index is 8.61. The van der Waals surface area contributed by atoms with E-state index in [1.54, 1.807) is 0 Å². The summed E-state index contributed by atoms with van der Waals surface area (Å²) in [4.78, 5) is 2.41. The van der Waals surface area contributed by atoms with Gasteiger partial charge in [0.1, 0.15) is 0 Å². The van der Waals surface area contributed by atoms with Crippen LogP contribution in [0, 0.1) is 0 Å². The Morgan fingerprint density at radius 3 is 3.00 bits per heavy atom. The Morgan fingerprint density at radius 1 is 1.36 bits per heavy atom. The molecule has 0 aromatic rings. The van der Waals surface area contributed by atoms with Crippen LogP contribution in [0.2, 0.25) is 0 Å². The second-order valence-electron chi connectivity index (χ2n) is 4.14. The van der Waals surface area contributed by atoms with E-state index in [1.807, 2.05) is 0 Å². The maximum Gasteiger partial charge on any atom is 0.0621 e. The van der Waals surface area contributed by atoms with Crippen molar-refractivity contribution in [3.05, 3.63) is 0 Å². The first-order chi connectivity index (χ1) is 6.84. The topological polar surface area (TPSA) is 32.7 Å². The minimum Gasteiger partial charge on any atom is -0.396 e. The van der Waals surface area contributed by atoms with Crippen LogP contribution < -0.4 is 0 Å². The molecule has 3 heteroatoms. The van der Waals surface area contributed by atoms with Crippen molar-refractivity contribution in [3.63, 3.8) is 0 Å². The smallest absolute Gasteiger partial charge is 0.0621 e. The van der Waals surface area contributed by atoms with Gasteiger partial charge in [0.25, 0.3) is 0 Å². The molecule has 1 aliphatic rings. The molecule has 1 heterocycles. The van der Waals surface area contributed by atoms with Gasteiger partial charge in [0.15, 0.2) is 0 Å². The lowest BCUT2D eigenvalue weighted by Gasteiger charge is -2.25. The fraction of sp³-hybridized carbons (Fsp3) is 1.00. The molecular formula is C11H23NO2. The Kier molecular flexibility index (Phi) is 6.15. The van der Waals surface area contributed by atoms with Crippen LogP contribution in [0.3, 0.4) is 0 Å². The Labute approximate surface area is 87.1 Å². The second-order valence-corrected chi connectivity index (χ2v) is 4.14. The van der Waals surface area contributed by atoms with Crippen LogP contribution in [0.5, 0.6) is 0 Å². The molecule has 0 saturated carbocycles. The van der Waals surface area contributed by atoms with Gasteiger partial charge in [0.05, 0.1) is 6.61 Å². The van der Waals surface area contributed by atoms with Crippen molar-refractivity contribution in [2.45, 2.75) is 38.1 Å². The largest absolute Gasteiger partial charge is 0.396 e. The van der Waals surface area contributed by atoms with Crippen molar-refractivity contribution in [3.8, 4) is 0 Å². The number of aliphatic hydroxyl groups excluding tert-OH is 1. The third-order valence-corrected chi connectivity index (χ3v) is 2.93. The first-order valence-electron chi connectivity index (χ1n) is 5.73. The molecule has 0 radical (unpaired) electrons. The Morgan fingerprint density at radius 2 is 2.21 bits per heavy atom. The zero-order valence-corrected chi connectivity index (χ0v) is 9.24. The molecule has 0 aromatic carbocycles. The minimum absolute atomic E-state index is 0.237. The molecule has 0 spiro atoms. The number of aliphatic hydroxyl groups is 1. The number of likely N-dealkylation sites (tertiary alicyclic amines) is 1. The van der Waals surface area contributed by atoms with Crippen molar-refractivity contribution >= 4 is 0 Å². The van der Waals surface area contributed by atoms with Crippen molar-refractivity contribution in [1.29, 1.82) is 0 Å². The molecule has 1 N–H and O–H groups in total. The normalized spacial score (nSPS) is 24.9. The molecule has 1 saturated heterocycles. The molecule has 0 aliphatic carbocycles. The van der Waals surface area contributed by atoms with Crippen molar-refractivity contribution in [2.24, 2.45) is 0 Å². The highest BCUT2D eigenvalue weighted by Crippen LogP contribution is 2.15. The zero-order chi connectivity index (χ0) is 10.2. The van der Waals surface area contributed by atoms with Crippen LogP contribution in [0.15, 0.2) is 0 Å². The number of nitrogens with zero attached hydrogens (tertiary/aromatic N) is 1. The average Bonchev–Trinajstić information content (AvgIpc) is 2.39. The van der Waals surface area contributed by atoms with E-state index in [0.717, 1.165) is 13.0 Å². The van der Waals surface area contributed by atoms with Gasteiger partial charge in [0.2, 0.25) is 0 Å². The standard InChI is InChI=1S/C11H23NO2/c1-12-7-4-2-3-6-11(12)10-14-9-5-8-13/h11,13H,2-10H2,1H3. The molecule has 0 bridgehead atoms. The maximum atomic E-state index is 8.61. The lowest BCUT2D eigenvalue weighted by molar-refractivity contribution is 0.0620. The summed E-state index contributed by atoms with van der Waals surface area (Å²) in [7, 11) is 2.19. The number of ether oxygens (including phenoxy) is 1. The summed E-state index contributed by atoms with van der Waals surface area (Å²) in [5.74, 6) is 0. The first kappa shape index (κ1) is 12.0. The van der Waals surface area contributed by atoms with E-state index < -0.39 is 0 Å². The molecule has 84 valence electrons. The average molecular weight is 201 g/mol. The van der Waals surface area contributed by atoms with Crippen LogP contribution in [-0.4, -0.2) is 49.5 Å². The van der Waals surface area contributed by atoms with Crippen LogP contribution in [0.4, 0.5) is 0 Å². The summed E-state index contributed by atoms with van der Waals surface area (Å²) >= 11 is 0. The molecule has 1 rings (SSSR count). The van der Waals surface area contributed by atoms with Gasteiger partial charge in [-0.15, -0.1) is 0 Å². The monoisotopic (exact) mass is 201 g/mol. The van der Waals surface area contributed by atoms with E-state index in [1.165, 1.54) is 32.2 Å². The summed E-state index contributed by atoms with van der Waals surface area (Å²) in [6.45, 7) is 2.96. The van der Waals surface area contributed by atoms with Gasteiger partial charge in [-0.1, -0.05) is 12.8 Å². The molecule has 0 amide bonds. The first-order valence-corrected chi connectivity index (χ1v) is 5.73. The quantitative estimate of drug-likeness (QED) is 0.680. The van der Waals surface area contributed by atoms with Gasteiger partial charge in [-0.05, 0) is 32.9 Å². The lowest BCUT2D eigenvalue weighted by Crippen LogP contribution is -2.35. The van der Waals surface area contributed by atoms with Crippen molar-refractivity contribution < 1.29 is 9.84 Å². The molecule has 1 unspecified atom stereocenters. The minimum atomic E-state index is 0.237. The van der Waals surface area contributed by atoms with Crippen LogP contribution in [0.1, 0.15) is 32.1 Å². The van der Waals surface area contributed by atoms with Crippen LogP contribution in [0.25, 0.3) is 0 Å². The molecule has 1 fully saturated rings. The summed E-state index contributed by atoms with van der Waals surface area (Å²) in [6.07, 6.45) is 6.03. The third-order valence-electron chi connectivity index (χ3n) is 2.93. The van der Waals surface area contributed by atoms with Crippen LogP contribution in [-0.2, 0) is 4.74 Å². The fourth-order valence-corrected chi connectivity index (χ4v) is 1.92. The van der Waals surface area contributed by atoms with Crippen LogP contribution >= 0.6 is 0 Å². The molecule has 14 heavy (non-hydrogen) atoms. The summed E-state index contributed by atoms with van der Waals surface area (Å²) in [5.41, 5.74) is 0. The number of hydrogen-bond donors (Lipinski definition) is 1. The molecule has 1 aliphatic heterocycles. The van der Waals surface area contributed by atoms with Gasteiger partial charge in [-0.25, -0.2) is 0 Å². The van der Waals surface area contributed by atoms with E-state index in [4.69, 9.17) is 9.84 Å². The van der Waals surface area contributed by atoms with E-state index in [2.05, 4.69) is 11.9 Å². The van der Waals surface area contributed by atoms with E-state index >= 15 is 0 Å². The number of rotatable bonds is 5. The Bertz CT molecular complexity index is 141. The van der Waals surface area contributed by atoms with Gasteiger partial charge < -0.3 is 14.7 Å². The molecule has 3 nitrogen and oxygen atoms in total. The lowest BCUT2D eigenvalue weighted by atomic mass is 10.1. The van der Waals surface area contributed by atoms with Gasteiger partial charge in [-0.2, -0.15) is 0 Å². The highest BCUT2D eigenvalue weighted by Gasteiger charge is 2.16. The van der Waals surface area contributed by atoms with E-state index in [9.17, 15) is 0 Å². The highest BCUT2D eigenvalue weighted by molar-refractivity contribution is 4.71. The van der Waals surface area contributed by atoms with Gasteiger partial charge >= 0.3 is 0 Å². The molecule has 0 aromatic heterocycles. The highest BCUT2D eigenvalue weighted by atomic mass is 16.5. The Balaban J connectivity index is 2.13. The Hall–Kier alpha value is -0.120. The molecular weight excluding hydrogens is 178 g/mol. The van der Waals surface area contributed by atoms with E-state index in [-0.39, 0.29) is 6.61 Å². The second kappa shape index (κ2) is 7.21. The fourth-order valence-electron chi connectivity index (χ4n) is 1.92. The third kappa shape index (κ3) is 4.40. The van der Waals surface area contributed by atoms with Gasteiger partial charge in [-0.3, -0.25) is 0 Å². The summed E-state index contributed by atoms with van der Waals surface area (Å²) in [5, 5.41) is 8.61. The SMILES string of the molecule is CN1CCCCCC1COCCCO. The number of hydrogen-bond acceptors (Lipinski definition) is 3. The molecule has 1 atom stereocenters. The zero-order valence-electron chi connectivity index (χ0n) is 9.24. The number of likely N-dealkylation sites (N-methyl/N-ethyl adjacent to an activating group) is 1. The summed E-state index contributed by atoms with van der Waals surface area (Å²) < 4.78 is 5.54. The van der Waals surface area contributed by atoms with E-state index in [0.29, 0.717) is 12.6 Å². The van der Waals surface area contributed by atoms with Crippen molar-refractivity contribution in [2.75, 3.05) is 33.4 Å². The summed E-state index contributed by atoms with van der Waals surface area (Å²) in [6, 6.07) is 0.594. The van der Waals surface area contributed by atoms with Crippen molar-refractivity contribution in [1.82, 2.24) is 4.90 Å². The van der Waals surface area contributed by atoms with Gasteiger partial charge in [0, 0.05) is 19.3 Å². The predicted molar refractivity (Wildman–Crippen MR) is 57.4 cm³/mol. The predicted octanol–water partition coefficient (Wildman–Crippen LogP) is 1.26.